The minimum Gasteiger partial charge on any atom is -0.490 e. The van der Waals surface area contributed by atoms with Gasteiger partial charge in [0.2, 0.25) is 5.82 Å². The summed E-state index contributed by atoms with van der Waals surface area (Å²) < 4.78 is 41.2. The van der Waals surface area contributed by atoms with Crippen LogP contribution in [-0.2, 0) is 6.42 Å². The molecule has 4 rings (SSSR count). The van der Waals surface area contributed by atoms with E-state index in [-0.39, 0.29) is 16.7 Å². The van der Waals surface area contributed by atoms with Gasteiger partial charge in [0.15, 0.2) is 11.3 Å². The van der Waals surface area contributed by atoms with Crippen LogP contribution in [0, 0.1) is 11.6 Å². The lowest BCUT2D eigenvalue weighted by Gasteiger charge is -2.11. The molecule has 0 unspecified atom stereocenters. The van der Waals surface area contributed by atoms with Crippen LogP contribution >= 0.6 is 0 Å². The van der Waals surface area contributed by atoms with Gasteiger partial charge in [0.25, 0.3) is 0 Å². The van der Waals surface area contributed by atoms with Crippen LogP contribution < -0.4 is 10.4 Å². The number of rotatable bonds is 9. The fourth-order valence-electron chi connectivity index (χ4n) is 4.08. The van der Waals surface area contributed by atoms with Crippen molar-refractivity contribution in [3.8, 4) is 16.9 Å². The molecule has 0 aliphatic rings. The molecule has 0 atom stereocenters. The van der Waals surface area contributed by atoms with E-state index in [1.165, 1.54) is 18.1 Å². The lowest BCUT2D eigenvalue weighted by atomic mass is 9.97. The molecule has 0 aliphatic heterocycles. The van der Waals surface area contributed by atoms with E-state index >= 15 is 4.39 Å². The molecule has 3 nitrogen and oxygen atoms in total. The van der Waals surface area contributed by atoms with Crippen molar-refractivity contribution >= 4 is 21.7 Å². The average Bonchev–Trinajstić information content (AvgIpc) is 2.82. The van der Waals surface area contributed by atoms with Gasteiger partial charge in [-0.25, -0.2) is 9.18 Å². The normalized spacial score (nSPS) is 11.4. The molecule has 0 aliphatic carbocycles. The summed E-state index contributed by atoms with van der Waals surface area (Å²) in [6.07, 6.45) is 6.15. The fourth-order valence-corrected chi connectivity index (χ4v) is 4.08. The van der Waals surface area contributed by atoms with Crippen LogP contribution in [0.4, 0.5) is 8.78 Å². The van der Waals surface area contributed by atoms with E-state index in [2.05, 4.69) is 6.92 Å². The standard InChI is InChI=1S/C28H28F2O3/c1-3-5-7-8-18-9-11-19(12-10-18)20-13-14-21-22-15-16-23(32-17-6-4-2)26(30)27(22)33-28(31)24(21)25(20)29/h9-16H,3-8,17H2,1-2H3. The molecule has 0 amide bonds. The summed E-state index contributed by atoms with van der Waals surface area (Å²) >= 11 is 0. The molecule has 172 valence electrons. The van der Waals surface area contributed by atoms with E-state index in [1.807, 2.05) is 31.2 Å². The van der Waals surface area contributed by atoms with Crippen LogP contribution in [0.1, 0.15) is 51.5 Å². The lowest BCUT2D eigenvalue weighted by Crippen LogP contribution is -2.06. The highest BCUT2D eigenvalue weighted by Crippen LogP contribution is 2.34. The molecule has 4 aromatic rings. The van der Waals surface area contributed by atoms with E-state index in [4.69, 9.17) is 9.15 Å². The Hall–Kier alpha value is -3.21. The maximum Gasteiger partial charge on any atom is 0.347 e. The Balaban J connectivity index is 1.74. The summed E-state index contributed by atoms with van der Waals surface area (Å²) in [5.41, 5.74) is 1.07. The monoisotopic (exact) mass is 450 g/mol. The molecule has 33 heavy (non-hydrogen) atoms. The quantitative estimate of drug-likeness (QED) is 0.148. The summed E-state index contributed by atoms with van der Waals surface area (Å²) in [5, 5.41) is 0.477. The first kappa shape index (κ1) is 23.0. The molecule has 0 spiro atoms. The van der Waals surface area contributed by atoms with Gasteiger partial charge >= 0.3 is 5.63 Å². The number of halogens is 2. The van der Waals surface area contributed by atoms with Crippen molar-refractivity contribution in [1.29, 1.82) is 0 Å². The Bertz CT molecular complexity index is 1320. The maximum absolute atomic E-state index is 15.5. The third-order valence-electron chi connectivity index (χ3n) is 5.98. The van der Waals surface area contributed by atoms with Crippen LogP contribution in [0.2, 0.25) is 0 Å². The van der Waals surface area contributed by atoms with Crippen molar-refractivity contribution in [2.45, 2.75) is 52.4 Å². The van der Waals surface area contributed by atoms with E-state index in [0.29, 0.717) is 28.5 Å². The summed E-state index contributed by atoms with van der Waals surface area (Å²) in [4.78, 5) is 12.7. The number of hydrogen-bond donors (Lipinski definition) is 0. The molecule has 0 saturated heterocycles. The van der Waals surface area contributed by atoms with Gasteiger partial charge in [0, 0.05) is 16.3 Å². The predicted octanol–water partition coefficient (Wildman–Crippen LogP) is 7.80. The van der Waals surface area contributed by atoms with Gasteiger partial charge in [-0.15, -0.1) is 0 Å². The molecule has 5 heteroatoms. The van der Waals surface area contributed by atoms with Gasteiger partial charge in [-0.2, -0.15) is 4.39 Å². The van der Waals surface area contributed by atoms with E-state index < -0.39 is 17.3 Å². The Kier molecular flexibility index (Phi) is 7.07. The van der Waals surface area contributed by atoms with Crippen molar-refractivity contribution in [1.82, 2.24) is 0 Å². The van der Waals surface area contributed by atoms with Gasteiger partial charge in [-0.3, -0.25) is 0 Å². The van der Waals surface area contributed by atoms with Crippen LogP contribution in [0.5, 0.6) is 5.75 Å². The summed E-state index contributed by atoms with van der Waals surface area (Å²) in [6.45, 7) is 4.54. The summed E-state index contributed by atoms with van der Waals surface area (Å²) in [7, 11) is 0. The Morgan fingerprint density at radius 2 is 1.55 bits per heavy atom. The minimum atomic E-state index is -0.905. The number of aryl methyl sites for hydroxylation is 1. The van der Waals surface area contributed by atoms with Crippen LogP contribution in [-0.4, -0.2) is 6.61 Å². The minimum absolute atomic E-state index is 0.0227. The highest BCUT2D eigenvalue weighted by Gasteiger charge is 2.20. The Labute approximate surface area is 192 Å². The molecule has 0 bridgehead atoms. The summed E-state index contributed by atoms with van der Waals surface area (Å²) in [5.74, 6) is -1.38. The Morgan fingerprint density at radius 1 is 0.818 bits per heavy atom. The zero-order chi connectivity index (χ0) is 23.4. The van der Waals surface area contributed by atoms with Crippen molar-refractivity contribution in [2.75, 3.05) is 6.61 Å². The second-order valence-electron chi connectivity index (χ2n) is 8.35. The Morgan fingerprint density at radius 3 is 2.27 bits per heavy atom. The van der Waals surface area contributed by atoms with Crippen molar-refractivity contribution < 1.29 is 17.9 Å². The molecule has 3 aromatic carbocycles. The second-order valence-corrected chi connectivity index (χ2v) is 8.35. The molecule has 0 N–H and O–H groups in total. The molecule has 0 radical (unpaired) electrons. The lowest BCUT2D eigenvalue weighted by molar-refractivity contribution is 0.294. The molecule has 0 fully saturated rings. The fraction of sp³-hybridized carbons (Fsp3) is 0.321. The van der Waals surface area contributed by atoms with Crippen molar-refractivity contribution in [3.63, 3.8) is 0 Å². The average molecular weight is 451 g/mol. The molecular formula is C28H28F2O3. The van der Waals surface area contributed by atoms with Crippen LogP contribution in [0.25, 0.3) is 32.9 Å². The van der Waals surface area contributed by atoms with Gasteiger partial charge in [-0.05, 0) is 42.5 Å². The third-order valence-corrected chi connectivity index (χ3v) is 5.98. The number of benzene rings is 3. The molecule has 1 heterocycles. The van der Waals surface area contributed by atoms with Gasteiger partial charge in [-0.1, -0.05) is 69.5 Å². The number of fused-ring (bicyclic) bond motifs is 3. The zero-order valence-electron chi connectivity index (χ0n) is 19.0. The first-order valence-electron chi connectivity index (χ1n) is 11.6. The highest BCUT2D eigenvalue weighted by atomic mass is 19.1. The van der Waals surface area contributed by atoms with E-state index in [1.54, 1.807) is 18.2 Å². The van der Waals surface area contributed by atoms with Crippen molar-refractivity contribution in [3.05, 3.63) is 76.1 Å². The van der Waals surface area contributed by atoms with Gasteiger partial charge in [0.1, 0.15) is 11.2 Å². The topological polar surface area (TPSA) is 39.4 Å². The molecule has 0 saturated carbocycles. The number of hydrogen-bond acceptors (Lipinski definition) is 3. The largest absolute Gasteiger partial charge is 0.490 e. The smallest absolute Gasteiger partial charge is 0.347 e. The maximum atomic E-state index is 15.5. The van der Waals surface area contributed by atoms with Crippen LogP contribution in [0.15, 0.2) is 57.7 Å². The second kappa shape index (κ2) is 10.2. The van der Waals surface area contributed by atoms with Crippen LogP contribution in [0.3, 0.4) is 0 Å². The SMILES string of the molecule is CCCCCc1ccc(-c2ccc3c(c2F)c(=O)oc2c(F)c(OCCCC)ccc23)cc1. The van der Waals surface area contributed by atoms with Crippen molar-refractivity contribution in [2.24, 2.45) is 0 Å². The number of unbranched alkanes of at least 4 members (excludes halogenated alkanes) is 3. The van der Waals surface area contributed by atoms with Gasteiger partial charge in [0.05, 0.1) is 6.61 Å². The molecule has 1 aromatic heterocycles. The number of ether oxygens (including phenoxy) is 1. The third kappa shape index (κ3) is 4.63. The predicted molar refractivity (Wildman–Crippen MR) is 129 cm³/mol. The van der Waals surface area contributed by atoms with Gasteiger partial charge < -0.3 is 9.15 Å². The first-order chi connectivity index (χ1) is 16.0. The summed E-state index contributed by atoms with van der Waals surface area (Å²) in [6, 6.07) is 14.1. The first-order valence-corrected chi connectivity index (χ1v) is 11.6. The van der Waals surface area contributed by atoms with E-state index in [0.717, 1.165) is 32.1 Å². The van der Waals surface area contributed by atoms with E-state index in [9.17, 15) is 9.18 Å². The molecular weight excluding hydrogens is 422 g/mol. The zero-order valence-corrected chi connectivity index (χ0v) is 19.0. The highest BCUT2D eigenvalue weighted by molar-refractivity contribution is 6.06.